The van der Waals surface area contributed by atoms with Crippen LogP contribution in [0.2, 0.25) is 0 Å². The molecule has 0 spiro atoms. The van der Waals surface area contributed by atoms with Crippen LogP contribution >= 0.6 is 24.0 Å². The second-order valence-corrected chi connectivity index (χ2v) is 7.42. The number of aliphatic imine (C=N–C) groups is 1. The summed E-state index contributed by atoms with van der Waals surface area (Å²) in [5.41, 5.74) is 1.01. The first-order valence-electron chi connectivity index (χ1n) is 10.4. The number of hydrogen-bond acceptors (Lipinski definition) is 6. The van der Waals surface area contributed by atoms with E-state index in [0.717, 1.165) is 23.8 Å². The number of carbonyl (C=O) groups is 1. The van der Waals surface area contributed by atoms with Crippen molar-refractivity contribution in [3.8, 4) is 17.4 Å². The van der Waals surface area contributed by atoms with E-state index in [-0.39, 0.29) is 41.8 Å². The third kappa shape index (κ3) is 6.72. The van der Waals surface area contributed by atoms with Gasteiger partial charge < -0.3 is 24.4 Å². The van der Waals surface area contributed by atoms with Crippen LogP contribution in [0.25, 0.3) is 0 Å². The zero-order valence-corrected chi connectivity index (χ0v) is 21.2. The topological polar surface area (TPSA) is 85.3 Å². The Labute approximate surface area is 206 Å². The van der Waals surface area contributed by atoms with E-state index in [0.29, 0.717) is 31.3 Å². The summed E-state index contributed by atoms with van der Waals surface area (Å²) in [6, 6.07) is 11.3. The minimum absolute atomic E-state index is 0. The molecule has 1 aromatic heterocycles. The zero-order valence-electron chi connectivity index (χ0n) is 18.9. The molecule has 1 aliphatic heterocycles. The van der Waals surface area contributed by atoms with Gasteiger partial charge in [-0.05, 0) is 48.7 Å². The first kappa shape index (κ1) is 25.7. The molecule has 0 amide bonds. The van der Waals surface area contributed by atoms with E-state index in [1.165, 1.54) is 7.11 Å². The SMILES string of the molecule is CCOc1ccc(Oc2cc(CNC(=NC)N3CC(C)C(C(=O)OC)C3)ccn2)cc1.I. The van der Waals surface area contributed by atoms with Crippen LogP contribution in [-0.2, 0) is 16.1 Å². The Bertz CT molecular complexity index is 907. The van der Waals surface area contributed by atoms with Crippen LogP contribution in [0.5, 0.6) is 17.4 Å². The van der Waals surface area contributed by atoms with Gasteiger partial charge in [-0.25, -0.2) is 4.98 Å². The smallest absolute Gasteiger partial charge is 0.310 e. The van der Waals surface area contributed by atoms with Crippen molar-refractivity contribution in [1.29, 1.82) is 0 Å². The molecule has 1 fully saturated rings. The molecule has 2 atom stereocenters. The number of halogens is 1. The zero-order chi connectivity index (χ0) is 22.2. The highest BCUT2D eigenvalue weighted by Crippen LogP contribution is 2.25. The molecule has 1 N–H and O–H groups in total. The Balaban J connectivity index is 0.00000363. The second kappa shape index (κ2) is 12.5. The molecule has 8 nitrogen and oxygen atoms in total. The molecule has 1 aromatic carbocycles. The minimum atomic E-state index is -0.171. The van der Waals surface area contributed by atoms with Gasteiger partial charge in [0.1, 0.15) is 11.5 Å². The van der Waals surface area contributed by atoms with Crippen molar-refractivity contribution in [2.45, 2.75) is 20.4 Å². The average molecular weight is 554 g/mol. The molecule has 1 aliphatic rings. The molecule has 3 rings (SSSR count). The summed E-state index contributed by atoms with van der Waals surface area (Å²) < 4.78 is 16.2. The van der Waals surface area contributed by atoms with Crippen LogP contribution in [0, 0.1) is 11.8 Å². The number of hydrogen-bond donors (Lipinski definition) is 1. The van der Waals surface area contributed by atoms with Crippen molar-refractivity contribution in [3.05, 3.63) is 48.2 Å². The maximum Gasteiger partial charge on any atom is 0.310 e. The van der Waals surface area contributed by atoms with Gasteiger partial charge in [0.15, 0.2) is 5.96 Å². The van der Waals surface area contributed by atoms with Crippen molar-refractivity contribution in [1.82, 2.24) is 15.2 Å². The molecule has 9 heteroatoms. The molecular weight excluding hydrogens is 523 g/mol. The first-order valence-corrected chi connectivity index (χ1v) is 10.4. The fraction of sp³-hybridized carbons (Fsp3) is 0.435. The lowest BCUT2D eigenvalue weighted by Crippen LogP contribution is -2.40. The number of methoxy groups -OCH3 is 1. The third-order valence-corrected chi connectivity index (χ3v) is 5.23. The Morgan fingerprint density at radius 3 is 2.59 bits per heavy atom. The lowest BCUT2D eigenvalue weighted by atomic mass is 9.99. The van der Waals surface area contributed by atoms with Crippen molar-refractivity contribution in [2.75, 3.05) is 33.9 Å². The minimum Gasteiger partial charge on any atom is -0.494 e. The van der Waals surface area contributed by atoms with Gasteiger partial charge in [-0.15, -0.1) is 24.0 Å². The number of nitrogens with one attached hydrogen (secondary N) is 1. The van der Waals surface area contributed by atoms with Crippen molar-refractivity contribution >= 4 is 35.9 Å². The van der Waals surface area contributed by atoms with Crippen LogP contribution in [0.15, 0.2) is 47.6 Å². The first-order chi connectivity index (χ1) is 15.0. The Kier molecular flexibility index (Phi) is 10.0. The van der Waals surface area contributed by atoms with Crippen LogP contribution in [0.3, 0.4) is 0 Å². The Hall–Kier alpha value is -2.56. The Morgan fingerprint density at radius 1 is 1.22 bits per heavy atom. The maximum atomic E-state index is 12.0. The van der Waals surface area contributed by atoms with Gasteiger partial charge >= 0.3 is 5.97 Å². The molecular formula is C23H31IN4O4. The highest BCUT2D eigenvalue weighted by Gasteiger charge is 2.36. The summed E-state index contributed by atoms with van der Waals surface area (Å²) in [7, 11) is 3.17. The van der Waals surface area contributed by atoms with Gasteiger partial charge in [0.2, 0.25) is 5.88 Å². The van der Waals surface area contributed by atoms with Gasteiger partial charge in [0.25, 0.3) is 0 Å². The van der Waals surface area contributed by atoms with Crippen LogP contribution in [-0.4, -0.2) is 55.7 Å². The number of carbonyl (C=O) groups excluding carboxylic acids is 1. The number of rotatable bonds is 7. The van der Waals surface area contributed by atoms with E-state index < -0.39 is 0 Å². The number of aromatic nitrogens is 1. The van der Waals surface area contributed by atoms with Gasteiger partial charge in [-0.2, -0.15) is 0 Å². The van der Waals surface area contributed by atoms with E-state index in [4.69, 9.17) is 14.2 Å². The fourth-order valence-electron chi connectivity index (χ4n) is 3.62. The number of guanidine groups is 1. The average Bonchev–Trinajstić information content (AvgIpc) is 3.17. The third-order valence-electron chi connectivity index (χ3n) is 5.23. The quantitative estimate of drug-likeness (QED) is 0.242. The molecule has 0 saturated carbocycles. The summed E-state index contributed by atoms with van der Waals surface area (Å²) in [6.45, 7) is 6.53. The molecule has 174 valence electrons. The van der Waals surface area contributed by atoms with Gasteiger partial charge in [-0.1, -0.05) is 6.92 Å². The van der Waals surface area contributed by atoms with Crippen LogP contribution in [0.1, 0.15) is 19.4 Å². The fourth-order valence-corrected chi connectivity index (χ4v) is 3.62. The summed E-state index contributed by atoms with van der Waals surface area (Å²) in [6.07, 6.45) is 1.72. The molecule has 0 aliphatic carbocycles. The summed E-state index contributed by atoms with van der Waals surface area (Å²) >= 11 is 0. The molecule has 2 unspecified atom stereocenters. The number of esters is 1. The van der Waals surface area contributed by atoms with E-state index in [1.54, 1.807) is 13.2 Å². The predicted molar refractivity (Wildman–Crippen MR) is 134 cm³/mol. The van der Waals surface area contributed by atoms with Crippen molar-refractivity contribution < 1.29 is 19.0 Å². The van der Waals surface area contributed by atoms with E-state index in [1.807, 2.05) is 43.3 Å². The number of benzene rings is 1. The van der Waals surface area contributed by atoms with E-state index in [9.17, 15) is 4.79 Å². The standard InChI is InChI=1S/C23H30N4O4.HI/c1-5-30-18-6-8-19(9-7-18)31-21-12-17(10-11-25-21)13-26-23(24-3)27-14-16(2)20(15-27)22(28)29-4;/h6-12,16,20H,5,13-15H2,1-4H3,(H,24,26);1H. The van der Waals surface area contributed by atoms with Gasteiger partial charge in [0.05, 0.1) is 19.6 Å². The molecule has 1 saturated heterocycles. The van der Waals surface area contributed by atoms with E-state index >= 15 is 0 Å². The number of ether oxygens (including phenoxy) is 3. The monoisotopic (exact) mass is 554 g/mol. The molecule has 0 radical (unpaired) electrons. The largest absolute Gasteiger partial charge is 0.494 e. The van der Waals surface area contributed by atoms with Gasteiger partial charge in [-0.3, -0.25) is 9.79 Å². The summed E-state index contributed by atoms with van der Waals surface area (Å²) in [4.78, 5) is 22.7. The Morgan fingerprint density at radius 2 is 1.94 bits per heavy atom. The van der Waals surface area contributed by atoms with Crippen LogP contribution < -0.4 is 14.8 Å². The highest BCUT2D eigenvalue weighted by atomic mass is 127. The van der Waals surface area contributed by atoms with E-state index in [2.05, 4.69) is 27.1 Å². The number of likely N-dealkylation sites (tertiary alicyclic amines) is 1. The maximum absolute atomic E-state index is 12.0. The lowest BCUT2D eigenvalue weighted by molar-refractivity contribution is -0.145. The predicted octanol–water partition coefficient (Wildman–Crippen LogP) is 3.71. The highest BCUT2D eigenvalue weighted by molar-refractivity contribution is 14.0. The summed E-state index contributed by atoms with van der Waals surface area (Å²) in [5, 5.41) is 3.36. The summed E-state index contributed by atoms with van der Waals surface area (Å²) in [5.74, 6) is 2.66. The molecule has 2 aromatic rings. The second-order valence-electron chi connectivity index (χ2n) is 7.42. The molecule has 2 heterocycles. The van der Waals surface area contributed by atoms with Crippen LogP contribution in [0.4, 0.5) is 0 Å². The molecule has 32 heavy (non-hydrogen) atoms. The number of nitrogens with zero attached hydrogens (tertiary/aromatic N) is 3. The normalized spacial score (nSPS) is 18.0. The van der Waals surface area contributed by atoms with Crippen molar-refractivity contribution in [2.24, 2.45) is 16.8 Å². The lowest BCUT2D eigenvalue weighted by Gasteiger charge is -2.21. The van der Waals surface area contributed by atoms with Gasteiger partial charge in [0, 0.05) is 38.9 Å². The molecule has 0 bridgehead atoms. The van der Waals surface area contributed by atoms with Crippen molar-refractivity contribution in [3.63, 3.8) is 0 Å². The number of pyridine rings is 1.